The van der Waals surface area contributed by atoms with Crippen molar-refractivity contribution in [3.8, 4) is 11.5 Å². The molecule has 0 fully saturated rings. The molecular weight excluding hydrogens is 426 g/mol. The molecule has 0 heterocycles. The number of carbonyl (C=O) groups excluding carboxylic acids is 1. The smallest absolute Gasteiger partial charge is 0.416 e. The van der Waals surface area contributed by atoms with Crippen LogP contribution in [0.3, 0.4) is 0 Å². The Morgan fingerprint density at radius 1 is 0.900 bits per heavy atom. The monoisotopic (exact) mass is 439 g/mol. The van der Waals surface area contributed by atoms with Crippen LogP contribution in [0.1, 0.15) is 15.9 Å². The van der Waals surface area contributed by atoms with Gasteiger partial charge in [-0.2, -0.15) is 13.2 Å². The van der Waals surface area contributed by atoms with Crippen molar-refractivity contribution in [2.24, 2.45) is 0 Å². The summed E-state index contributed by atoms with van der Waals surface area (Å²) in [6.45, 7) is 0. The molecule has 0 spiro atoms. The number of amides is 1. The van der Waals surface area contributed by atoms with Gasteiger partial charge in [-0.3, -0.25) is 4.79 Å². The predicted octanol–water partition coefficient (Wildman–Crippen LogP) is 4.76. The highest BCUT2D eigenvalue weighted by Gasteiger charge is 2.32. The minimum atomic E-state index is -4.75. The second-order valence-corrected chi connectivity index (χ2v) is 7.70. The first kappa shape index (κ1) is 21.3. The van der Waals surface area contributed by atoms with Gasteiger partial charge in [0.1, 0.15) is 17.3 Å². The van der Waals surface area contributed by atoms with E-state index in [2.05, 4.69) is 0 Å². The van der Waals surface area contributed by atoms with Crippen LogP contribution in [0.4, 0.5) is 17.6 Å². The minimum Gasteiger partial charge on any atom is -0.456 e. The van der Waals surface area contributed by atoms with E-state index in [-0.39, 0.29) is 17.1 Å². The van der Waals surface area contributed by atoms with Crippen LogP contribution < -0.4 is 9.46 Å². The van der Waals surface area contributed by atoms with E-state index in [1.807, 2.05) is 0 Å². The van der Waals surface area contributed by atoms with Gasteiger partial charge in [-0.05, 0) is 42.5 Å². The van der Waals surface area contributed by atoms with E-state index in [0.717, 1.165) is 18.2 Å². The van der Waals surface area contributed by atoms with Crippen molar-refractivity contribution in [3.05, 3.63) is 89.7 Å². The number of hydrogen-bond donors (Lipinski definition) is 1. The summed E-state index contributed by atoms with van der Waals surface area (Å²) < 4.78 is 83.9. The standard InChI is InChI=1S/C20H13F4NO4S/c21-14-6-4-7-15(12-14)29-18-10-2-1-9-17(18)19(26)25-30(27,28)16-8-3-5-13(11-16)20(22,23)24/h1-12H,(H,25,26). The summed E-state index contributed by atoms with van der Waals surface area (Å²) in [6.07, 6.45) is -4.75. The fraction of sp³-hybridized carbons (Fsp3) is 0.0500. The molecular formula is C20H13F4NO4S. The maximum absolute atomic E-state index is 13.3. The number of para-hydroxylation sites is 1. The summed E-state index contributed by atoms with van der Waals surface area (Å²) in [6, 6.07) is 13.6. The zero-order chi connectivity index (χ0) is 21.9. The lowest BCUT2D eigenvalue weighted by atomic mass is 10.2. The van der Waals surface area contributed by atoms with Crippen LogP contribution in [-0.2, 0) is 16.2 Å². The van der Waals surface area contributed by atoms with Crippen LogP contribution in [0.15, 0.2) is 77.7 Å². The van der Waals surface area contributed by atoms with Gasteiger partial charge in [0.05, 0.1) is 16.0 Å². The number of nitrogens with one attached hydrogen (secondary N) is 1. The van der Waals surface area contributed by atoms with E-state index in [1.165, 1.54) is 42.5 Å². The van der Waals surface area contributed by atoms with E-state index in [0.29, 0.717) is 12.1 Å². The van der Waals surface area contributed by atoms with E-state index >= 15 is 0 Å². The molecule has 5 nitrogen and oxygen atoms in total. The molecule has 3 aromatic rings. The van der Waals surface area contributed by atoms with Crippen LogP contribution in [0.25, 0.3) is 0 Å². The second kappa shape index (κ2) is 8.15. The number of carbonyl (C=O) groups is 1. The van der Waals surface area contributed by atoms with Crippen molar-refractivity contribution in [1.29, 1.82) is 0 Å². The Hall–Kier alpha value is -3.40. The molecule has 3 aromatic carbocycles. The third-order valence-corrected chi connectivity index (χ3v) is 5.18. The summed E-state index contributed by atoms with van der Waals surface area (Å²) in [4.78, 5) is 11.8. The molecule has 0 saturated heterocycles. The summed E-state index contributed by atoms with van der Waals surface area (Å²) in [5.74, 6) is -1.71. The Kier molecular flexibility index (Phi) is 5.79. The second-order valence-electron chi connectivity index (χ2n) is 6.02. The molecule has 0 saturated carbocycles. The highest BCUT2D eigenvalue weighted by atomic mass is 32.2. The first-order valence-electron chi connectivity index (χ1n) is 8.33. The van der Waals surface area contributed by atoms with Crippen LogP contribution in [-0.4, -0.2) is 14.3 Å². The Morgan fingerprint density at radius 3 is 2.30 bits per heavy atom. The minimum absolute atomic E-state index is 0.0657. The molecule has 156 valence electrons. The molecule has 0 aliphatic rings. The molecule has 0 aliphatic heterocycles. The Balaban J connectivity index is 1.88. The third kappa shape index (κ3) is 4.95. The fourth-order valence-corrected chi connectivity index (χ4v) is 3.49. The van der Waals surface area contributed by atoms with E-state index in [4.69, 9.17) is 4.74 Å². The number of sulfonamides is 1. The van der Waals surface area contributed by atoms with Crippen LogP contribution in [0.5, 0.6) is 11.5 Å². The maximum Gasteiger partial charge on any atom is 0.416 e. The zero-order valence-electron chi connectivity index (χ0n) is 15.0. The van der Waals surface area contributed by atoms with E-state index in [1.54, 1.807) is 4.72 Å². The summed E-state index contributed by atoms with van der Waals surface area (Å²) in [7, 11) is -4.60. The average Bonchev–Trinajstić information content (AvgIpc) is 2.67. The third-order valence-electron chi connectivity index (χ3n) is 3.85. The number of rotatable bonds is 5. The van der Waals surface area contributed by atoms with Crippen LogP contribution in [0.2, 0.25) is 0 Å². The number of alkyl halides is 3. The van der Waals surface area contributed by atoms with Crippen molar-refractivity contribution in [3.63, 3.8) is 0 Å². The van der Waals surface area contributed by atoms with Crippen molar-refractivity contribution < 1.29 is 35.5 Å². The van der Waals surface area contributed by atoms with Gasteiger partial charge in [0, 0.05) is 6.07 Å². The molecule has 0 radical (unpaired) electrons. The largest absolute Gasteiger partial charge is 0.456 e. The van der Waals surface area contributed by atoms with Gasteiger partial charge < -0.3 is 4.74 Å². The van der Waals surface area contributed by atoms with Gasteiger partial charge in [0.2, 0.25) is 0 Å². The number of halogens is 4. The summed E-state index contributed by atoms with van der Waals surface area (Å²) in [5.41, 5.74) is -1.38. The van der Waals surface area contributed by atoms with Crippen LogP contribution >= 0.6 is 0 Å². The first-order chi connectivity index (χ1) is 14.1. The molecule has 0 atom stereocenters. The quantitative estimate of drug-likeness (QED) is 0.582. The lowest BCUT2D eigenvalue weighted by Gasteiger charge is -2.13. The molecule has 10 heteroatoms. The maximum atomic E-state index is 13.3. The van der Waals surface area contributed by atoms with E-state index < -0.39 is 38.4 Å². The molecule has 3 rings (SSSR count). The van der Waals surface area contributed by atoms with E-state index in [9.17, 15) is 30.8 Å². The zero-order valence-corrected chi connectivity index (χ0v) is 15.8. The predicted molar refractivity (Wildman–Crippen MR) is 99.0 cm³/mol. The number of ether oxygens (including phenoxy) is 1. The topological polar surface area (TPSA) is 72.5 Å². The van der Waals surface area contributed by atoms with Crippen molar-refractivity contribution in [2.75, 3.05) is 0 Å². The van der Waals surface area contributed by atoms with Gasteiger partial charge in [0.15, 0.2) is 0 Å². The molecule has 0 bridgehead atoms. The normalized spacial score (nSPS) is 11.7. The van der Waals surface area contributed by atoms with Crippen LogP contribution in [0, 0.1) is 5.82 Å². The molecule has 0 aromatic heterocycles. The van der Waals surface area contributed by atoms with Gasteiger partial charge in [-0.25, -0.2) is 17.5 Å². The van der Waals surface area contributed by atoms with Gasteiger partial charge in [0.25, 0.3) is 15.9 Å². The first-order valence-corrected chi connectivity index (χ1v) is 9.81. The van der Waals surface area contributed by atoms with Crippen molar-refractivity contribution in [2.45, 2.75) is 11.1 Å². The highest BCUT2D eigenvalue weighted by molar-refractivity contribution is 7.90. The van der Waals surface area contributed by atoms with Gasteiger partial charge in [-0.1, -0.05) is 24.3 Å². The summed E-state index contributed by atoms with van der Waals surface area (Å²) in [5, 5.41) is 0. The molecule has 0 unspecified atom stereocenters. The molecule has 0 aliphatic carbocycles. The number of hydrogen-bond acceptors (Lipinski definition) is 4. The summed E-state index contributed by atoms with van der Waals surface area (Å²) >= 11 is 0. The Labute approximate surface area is 169 Å². The molecule has 30 heavy (non-hydrogen) atoms. The molecule has 1 amide bonds. The SMILES string of the molecule is O=C(NS(=O)(=O)c1cccc(C(F)(F)F)c1)c1ccccc1Oc1cccc(F)c1. The Bertz CT molecular complexity index is 1190. The van der Waals surface area contributed by atoms with Crippen molar-refractivity contribution in [1.82, 2.24) is 4.72 Å². The average molecular weight is 439 g/mol. The number of benzene rings is 3. The van der Waals surface area contributed by atoms with Gasteiger partial charge >= 0.3 is 6.18 Å². The fourth-order valence-electron chi connectivity index (χ4n) is 2.48. The van der Waals surface area contributed by atoms with Gasteiger partial charge in [-0.15, -0.1) is 0 Å². The highest BCUT2D eigenvalue weighted by Crippen LogP contribution is 2.31. The Morgan fingerprint density at radius 2 is 1.60 bits per heavy atom. The molecule has 1 N–H and O–H groups in total. The lowest BCUT2D eigenvalue weighted by Crippen LogP contribution is -2.31. The lowest BCUT2D eigenvalue weighted by molar-refractivity contribution is -0.137. The van der Waals surface area contributed by atoms with Crippen molar-refractivity contribution >= 4 is 15.9 Å².